The van der Waals surface area contributed by atoms with Gasteiger partial charge in [0, 0.05) is 23.1 Å². The summed E-state index contributed by atoms with van der Waals surface area (Å²) in [6, 6.07) is 29.0. The first-order chi connectivity index (χ1) is 13.3. The summed E-state index contributed by atoms with van der Waals surface area (Å²) in [5, 5.41) is 0. The van der Waals surface area contributed by atoms with Gasteiger partial charge in [0.15, 0.2) is 0 Å². The second-order valence-corrected chi connectivity index (χ2v) is 6.03. The predicted molar refractivity (Wildman–Crippen MR) is 111 cm³/mol. The SMILES string of the molecule is CCOC(=O)/C=C/Cc1ccc(N(c2ccccc2)c2ccccc2)cc1. The molecule has 0 bridgehead atoms. The van der Waals surface area contributed by atoms with Crippen LogP contribution < -0.4 is 4.90 Å². The second kappa shape index (κ2) is 9.39. The molecule has 3 nitrogen and oxygen atoms in total. The number of benzene rings is 3. The molecule has 0 aliphatic rings. The van der Waals surface area contributed by atoms with Crippen molar-refractivity contribution in [1.29, 1.82) is 0 Å². The van der Waals surface area contributed by atoms with Crippen molar-refractivity contribution in [2.24, 2.45) is 0 Å². The number of carbonyl (C=O) groups excluding carboxylic acids is 1. The normalized spacial score (nSPS) is 10.7. The van der Waals surface area contributed by atoms with Crippen molar-refractivity contribution in [3.05, 3.63) is 103 Å². The Bertz CT molecular complexity index is 832. The molecule has 3 rings (SSSR count). The molecule has 0 spiro atoms. The highest BCUT2D eigenvalue weighted by Crippen LogP contribution is 2.34. The summed E-state index contributed by atoms with van der Waals surface area (Å²) in [7, 11) is 0. The van der Waals surface area contributed by atoms with Crippen LogP contribution in [0.15, 0.2) is 97.1 Å². The van der Waals surface area contributed by atoms with E-state index in [0.717, 1.165) is 22.6 Å². The molecule has 0 aliphatic heterocycles. The first kappa shape index (κ1) is 18.5. The van der Waals surface area contributed by atoms with E-state index in [1.807, 2.05) is 42.5 Å². The molecule has 0 unspecified atom stereocenters. The minimum Gasteiger partial charge on any atom is -0.463 e. The van der Waals surface area contributed by atoms with Crippen molar-refractivity contribution in [3.8, 4) is 0 Å². The third kappa shape index (κ3) is 5.08. The van der Waals surface area contributed by atoms with Gasteiger partial charge in [-0.2, -0.15) is 0 Å². The van der Waals surface area contributed by atoms with Crippen LogP contribution in [0.25, 0.3) is 0 Å². The summed E-state index contributed by atoms with van der Waals surface area (Å²) in [6.45, 7) is 2.20. The number of ether oxygens (including phenoxy) is 1. The molecule has 0 aromatic heterocycles. The van der Waals surface area contributed by atoms with E-state index < -0.39 is 0 Å². The van der Waals surface area contributed by atoms with Crippen LogP contribution in [0.4, 0.5) is 17.1 Å². The lowest BCUT2D eigenvalue weighted by atomic mass is 10.1. The van der Waals surface area contributed by atoms with E-state index in [1.165, 1.54) is 6.08 Å². The number of esters is 1. The zero-order chi connectivity index (χ0) is 18.9. The quantitative estimate of drug-likeness (QED) is 0.394. The highest BCUT2D eigenvalue weighted by molar-refractivity contribution is 5.82. The Morgan fingerprint density at radius 2 is 1.33 bits per heavy atom. The average molecular weight is 357 g/mol. The number of allylic oxidation sites excluding steroid dienone is 1. The van der Waals surface area contributed by atoms with E-state index in [1.54, 1.807) is 6.92 Å². The fourth-order valence-electron chi connectivity index (χ4n) is 2.86. The fraction of sp³-hybridized carbons (Fsp3) is 0.125. The van der Waals surface area contributed by atoms with Crippen LogP contribution in [0, 0.1) is 0 Å². The maximum atomic E-state index is 11.4. The van der Waals surface area contributed by atoms with Crippen molar-refractivity contribution in [3.63, 3.8) is 0 Å². The first-order valence-electron chi connectivity index (χ1n) is 9.10. The summed E-state index contributed by atoms with van der Waals surface area (Å²) in [6.07, 6.45) is 4.01. The molecule has 0 saturated heterocycles. The number of hydrogen-bond donors (Lipinski definition) is 0. The molecule has 0 heterocycles. The lowest BCUT2D eigenvalue weighted by Gasteiger charge is -2.25. The van der Waals surface area contributed by atoms with Gasteiger partial charge in [-0.25, -0.2) is 4.79 Å². The molecular weight excluding hydrogens is 334 g/mol. The summed E-state index contributed by atoms with van der Waals surface area (Å²) >= 11 is 0. The minimum atomic E-state index is -0.298. The molecule has 0 atom stereocenters. The maximum Gasteiger partial charge on any atom is 0.330 e. The topological polar surface area (TPSA) is 29.5 Å². The molecule has 0 saturated carbocycles. The van der Waals surface area contributed by atoms with E-state index in [2.05, 4.69) is 53.4 Å². The molecule has 0 aliphatic carbocycles. The first-order valence-corrected chi connectivity index (χ1v) is 9.10. The van der Waals surface area contributed by atoms with Crippen LogP contribution in [-0.2, 0) is 16.0 Å². The molecule has 0 fully saturated rings. The van der Waals surface area contributed by atoms with Crippen LogP contribution in [0.3, 0.4) is 0 Å². The van der Waals surface area contributed by atoms with Crippen molar-refractivity contribution >= 4 is 23.0 Å². The van der Waals surface area contributed by atoms with E-state index in [0.29, 0.717) is 13.0 Å². The van der Waals surface area contributed by atoms with Gasteiger partial charge in [-0.1, -0.05) is 54.6 Å². The Hall–Kier alpha value is -3.33. The van der Waals surface area contributed by atoms with Crippen molar-refractivity contribution in [2.45, 2.75) is 13.3 Å². The molecule has 136 valence electrons. The third-order valence-corrected chi connectivity index (χ3v) is 4.12. The maximum absolute atomic E-state index is 11.4. The zero-order valence-electron chi connectivity index (χ0n) is 15.4. The molecule has 3 heteroatoms. The lowest BCUT2D eigenvalue weighted by Crippen LogP contribution is -2.09. The monoisotopic (exact) mass is 357 g/mol. The van der Waals surface area contributed by atoms with Gasteiger partial charge >= 0.3 is 5.97 Å². The van der Waals surface area contributed by atoms with Gasteiger partial charge in [0.25, 0.3) is 0 Å². The molecular formula is C24H23NO2. The van der Waals surface area contributed by atoms with Gasteiger partial charge in [0.1, 0.15) is 0 Å². The van der Waals surface area contributed by atoms with Gasteiger partial charge in [0.05, 0.1) is 6.61 Å². The van der Waals surface area contributed by atoms with Crippen LogP contribution in [0.2, 0.25) is 0 Å². The second-order valence-electron chi connectivity index (χ2n) is 6.03. The lowest BCUT2D eigenvalue weighted by molar-refractivity contribution is -0.137. The summed E-state index contributed by atoms with van der Waals surface area (Å²) in [4.78, 5) is 13.6. The predicted octanol–water partition coefficient (Wildman–Crippen LogP) is 5.82. The van der Waals surface area contributed by atoms with Crippen molar-refractivity contribution < 1.29 is 9.53 Å². The highest BCUT2D eigenvalue weighted by Gasteiger charge is 2.11. The van der Waals surface area contributed by atoms with Gasteiger partial charge in [0.2, 0.25) is 0 Å². The highest BCUT2D eigenvalue weighted by atomic mass is 16.5. The molecule has 0 N–H and O–H groups in total. The summed E-state index contributed by atoms with van der Waals surface area (Å²) in [5.41, 5.74) is 4.45. The third-order valence-electron chi connectivity index (χ3n) is 4.12. The minimum absolute atomic E-state index is 0.298. The number of para-hydroxylation sites is 2. The molecule has 0 radical (unpaired) electrons. The molecule has 3 aromatic rings. The van der Waals surface area contributed by atoms with Crippen LogP contribution >= 0.6 is 0 Å². The number of nitrogens with zero attached hydrogens (tertiary/aromatic N) is 1. The number of rotatable bonds is 7. The van der Waals surface area contributed by atoms with E-state index in [-0.39, 0.29) is 5.97 Å². The van der Waals surface area contributed by atoms with E-state index >= 15 is 0 Å². The molecule has 3 aromatic carbocycles. The largest absolute Gasteiger partial charge is 0.463 e. The van der Waals surface area contributed by atoms with Crippen molar-refractivity contribution in [1.82, 2.24) is 0 Å². The summed E-state index contributed by atoms with van der Waals surface area (Å²) < 4.78 is 4.90. The summed E-state index contributed by atoms with van der Waals surface area (Å²) in [5.74, 6) is -0.298. The Labute approximate surface area is 160 Å². The number of carbonyl (C=O) groups is 1. The van der Waals surface area contributed by atoms with Crippen LogP contribution in [-0.4, -0.2) is 12.6 Å². The van der Waals surface area contributed by atoms with Gasteiger partial charge in [-0.05, 0) is 55.3 Å². The molecule has 0 amide bonds. The van der Waals surface area contributed by atoms with Gasteiger partial charge in [-0.15, -0.1) is 0 Å². The average Bonchev–Trinajstić information content (AvgIpc) is 2.71. The van der Waals surface area contributed by atoms with Gasteiger partial charge < -0.3 is 9.64 Å². The fourth-order valence-corrected chi connectivity index (χ4v) is 2.86. The Balaban J connectivity index is 1.81. The zero-order valence-corrected chi connectivity index (χ0v) is 15.4. The Kier molecular flexibility index (Phi) is 6.42. The van der Waals surface area contributed by atoms with Gasteiger partial charge in [-0.3, -0.25) is 0 Å². The van der Waals surface area contributed by atoms with E-state index in [9.17, 15) is 4.79 Å². The van der Waals surface area contributed by atoms with E-state index in [4.69, 9.17) is 4.74 Å². The number of anilines is 3. The molecule has 27 heavy (non-hydrogen) atoms. The smallest absolute Gasteiger partial charge is 0.330 e. The van der Waals surface area contributed by atoms with Crippen LogP contribution in [0.1, 0.15) is 12.5 Å². The number of hydrogen-bond acceptors (Lipinski definition) is 3. The van der Waals surface area contributed by atoms with Crippen LogP contribution in [0.5, 0.6) is 0 Å². The Morgan fingerprint density at radius 1 is 0.815 bits per heavy atom. The standard InChI is InChI=1S/C24H23NO2/c1-2-27-24(26)15-9-10-20-16-18-23(19-17-20)25(21-11-5-3-6-12-21)22-13-7-4-8-14-22/h3-9,11-19H,2,10H2,1H3/b15-9+. The Morgan fingerprint density at radius 3 is 1.85 bits per heavy atom. The van der Waals surface area contributed by atoms with Crippen molar-refractivity contribution in [2.75, 3.05) is 11.5 Å².